The molecule has 0 aliphatic heterocycles. The standard InChI is InChI=1S/C15H18N4S/c1-9-5-6-19-14(7-9)17-15(18-19)16-11(3)13-8-10(2)20-12(13)4/h5-8,11H,1-4H3,(H,16,18). The zero-order chi connectivity index (χ0) is 14.3. The SMILES string of the molecule is Cc1ccn2nc(NC(C)c3cc(C)sc3C)nc2c1. The van der Waals surface area contributed by atoms with Crippen LogP contribution in [0.25, 0.3) is 5.65 Å². The van der Waals surface area contributed by atoms with E-state index in [1.807, 2.05) is 29.7 Å². The number of nitrogens with one attached hydrogen (secondary N) is 1. The third-order valence-electron chi connectivity index (χ3n) is 3.38. The van der Waals surface area contributed by atoms with Crippen molar-refractivity contribution in [1.82, 2.24) is 14.6 Å². The van der Waals surface area contributed by atoms with E-state index in [-0.39, 0.29) is 6.04 Å². The van der Waals surface area contributed by atoms with Crippen molar-refractivity contribution in [1.29, 1.82) is 0 Å². The average molecular weight is 286 g/mol. The Balaban J connectivity index is 1.87. The van der Waals surface area contributed by atoms with E-state index < -0.39 is 0 Å². The van der Waals surface area contributed by atoms with Gasteiger partial charge in [0.05, 0.1) is 6.04 Å². The van der Waals surface area contributed by atoms with E-state index in [4.69, 9.17) is 0 Å². The largest absolute Gasteiger partial charge is 0.346 e. The summed E-state index contributed by atoms with van der Waals surface area (Å²) in [6, 6.07) is 6.50. The van der Waals surface area contributed by atoms with Gasteiger partial charge in [-0.1, -0.05) is 0 Å². The fourth-order valence-electron chi connectivity index (χ4n) is 2.40. The van der Waals surface area contributed by atoms with Gasteiger partial charge in [-0.15, -0.1) is 16.4 Å². The predicted molar refractivity (Wildman–Crippen MR) is 83.6 cm³/mol. The number of aromatic nitrogens is 3. The van der Waals surface area contributed by atoms with Crippen molar-refractivity contribution in [2.24, 2.45) is 0 Å². The van der Waals surface area contributed by atoms with Crippen molar-refractivity contribution in [2.75, 3.05) is 5.32 Å². The predicted octanol–water partition coefficient (Wildman–Crippen LogP) is 3.89. The van der Waals surface area contributed by atoms with Crippen LogP contribution in [0.1, 0.15) is 33.8 Å². The van der Waals surface area contributed by atoms with Crippen molar-refractivity contribution in [2.45, 2.75) is 33.7 Å². The second kappa shape index (κ2) is 4.90. The molecule has 5 heteroatoms. The Kier molecular flexibility index (Phi) is 3.22. The summed E-state index contributed by atoms with van der Waals surface area (Å²) in [6.07, 6.45) is 1.94. The van der Waals surface area contributed by atoms with Gasteiger partial charge in [-0.3, -0.25) is 0 Å². The van der Waals surface area contributed by atoms with Crippen LogP contribution in [0.4, 0.5) is 5.95 Å². The molecule has 1 N–H and O–H groups in total. The number of anilines is 1. The molecule has 0 aliphatic rings. The van der Waals surface area contributed by atoms with Crippen LogP contribution in [-0.2, 0) is 0 Å². The number of fused-ring (bicyclic) bond motifs is 1. The highest BCUT2D eigenvalue weighted by Gasteiger charge is 2.13. The van der Waals surface area contributed by atoms with Gasteiger partial charge in [0.2, 0.25) is 5.95 Å². The molecule has 0 amide bonds. The molecule has 0 fully saturated rings. The van der Waals surface area contributed by atoms with Gasteiger partial charge < -0.3 is 5.32 Å². The molecule has 0 spiro atoms. The van der Waals surface area contributed by atoms with Gasteiger partial charge >= 0.3 is 0 Å². The van der Waals surface area contributed by atoms with Gasteiger partial charge in [0.25, 0.3) is 0 Å². The average Bonchev–Trinajstić information content (AvgIpc) is 2.91. The summed E-state index contributed by atoms with van der Waals surface area (Å²) in [5.74, 6) is 0.673. The monoisotopic (exact) mass is 286 g/mol. The Hall–Kier alpha value is -1.88. The molecule has 0 saturated heterocycles. The molecule has 0 saturated carbocycles. The molecule has 4 nitrogen and oxygen atoms in total. The number of pyridine rings is 1. The van der Waals surface area contributed by atoms with Crippen molar-refractivity contribution >= 4 is 22.9 Å². The van der Waals surface area contributed by atoms with Gasteiger partial charge in [-0.05, 0) is 57.0 Å². The fourth-order valence-corrected chi connectivity index (χ4v) is 3.42. The molecule has 0 radical (unpaired) electrons. The first-order valence-electron chi connectivity index (χ1n) is 6.69. The summed E-state index contributed by atoms with van der Waals surface area (Å²) in [5.41, 5.74) is 3.38. The number of thiophene rings is 1. The summed E-state index contributed by atoms with van der Waals surface area (Å²) in [5, 5.41) is 7.84. The van der Waals surface area contributed by atoms with Crippen LogP contribution in [0, 0.1) is 20.8 Å². The molecule has 0 aromatic carbocycles. The summed E-state index contributed by atoms with van der Waals surface area (Å²) >= 11 is 1.83. The van der Waals surface area contributed by atoms with Crippen LogP contribution in [0.15, 0.2) is 24.4 Å². The maximum Gasteiger partial charge on any atom is 0.243 e. The topological polar surface area (TPSA) is 42.2 Å². The molecule has 3 aromatic heterocycles. The van der Waals surface area contributed by atoms with Crippen molar-refractivity contribution < 1.29 is 0 Å². The molecule has 1 atom stereocenters. The third-order valence-corrected chi connectivity index (χ3v) is 4.37. The van der Waals surface area contributed by atoms with Gasteiger partial charge in [0.1, 0.15) is 0 Å². The first-order chi connectivity index (χ1) is 9.52. The number of aryl methyl sites for hydroxylation is 3. The van der Waals surface area contributed by atoms with E-state index in [9.17, 15) is 0 Å². The number of hydrogen-bond acceptors (Lipinski definition) is 4. The molecule has 0 aliphatic carbocycles. The minimum atomic E-state index is 0.207. The van der Waals surface area contributed by atoms with Gasteiger partial charge in [0.15, 0.2) is 5.65 Å². The quantitative estimate of drug-likeness (QED) is 0.794. The fraction of sp³-hybridized carbons (Fsp3) is 0.333. The van der Waals surface area contributed by atoms with Crippen LogP contribution in [0.2, 0.25) is 0 Å². The molecule has 3 rings (SSSR count). The van der Waals surface area contributed by atoms with E-state index in [2.05, 4.69) is 49.2 Å². The molecule has 1 unspecified atom stereocenters. The van der Waals surface area contributed by atoms with E-state index in [1.54, 1.807) is 4.52 Å². The van der Waals surface area contributed by atoms with Gasteiger partial charge in [0, 0.05) is 16.0 Å². The zero-order valence-electron chi connectivity index (χ0n) is 12.1. The highest BCUT2D eigenvalue weighted by atomic mass is 32.1. The molecule has 20 heavy (non-hydrogen) atoms. The van der Waals surface area contributed by atoms with Gasteiger partial charge in [-0.25, -0.2) is 4.52 Å². The molecule has 3 aromatic rings. The maximum atomic E-state index is 4.52. The maximum absolute atomic E-state index is 4.52. The Morgan fingerprint density at radius 1 is 1.25 bits per heavy atom. The van der Waals surface area contributed by atoms with E-state index in [0.717, 1.165) is 5.65 Å². The Morgan fingerprint density at radius 3 is 2.75 bits per heavy atom. The molecular formula is C15H18N4S. The normalized spacial score (nSPS) is 12.8. The van der Waals surface area contributed by atoms with E-state index >= 15 is 0 Å². The minimum Gasteiger partial charge on any atom is -0.346 e. The van der Waals surface area contributed by atoms with Gasteiger partial charge in [-0.2, -0.15) is 4.98 Å². The second-order valence-corrected chi connectivity index (χ2v) is 6.64. The summed E-state index contributed by atoms with van der Waals surface area (Å²) in [7, 11) is 0. The lowest BCUT2D eigenvalue weighted by atomic mass is 10.1. The summed E-state index contributed by atoms with van der Waals surface area (Å²) in [6.45, 7) is 8.50. The number of hydrogen-bond donors (Lipinski definition) is 1. The van der Waals surface area contributed by atoms with Crippen LogP contribution >= 0.6 is 11.3 Å². The molecule has 3 heterocycles. The Morgan fingerprint density at radius 2 is 2.05 bits per heavy atom. The van der Waals surface area contributed by atoms with Crippen molar-refractivity contribution in [3.8, 4) is 0 Å². The Labute approximate surface area is 122 Å². The first kappa shape index (κ1) is 13.1. The third kappa shape index (κ3) is 2.41. The number of nitrogens with zero attached hydrogens (tertiary/aromatic N) is 3. The van der Waals surface area contributed by atoms with Crippen molar-refractivity contribution in [3.63, 3.8) is 0 Å². The lowest BCUT2D eigenvalue weighted by molar-refractivity contribution is 0.850. The molecule has 104 valence electrons. The summed E-state index contributed by atoms with van der Waals surface area (Å²) < 4.78 is 1.80. The Bertz CT molecular complexity index is 756. The van der Waals surface area contributed by atoms with Crippen molar-refractivity contribution in [3.05, 3.63) is 45.3 Å². The highest BCUT2D eigenvalue weighted by Crippen LogP contribution is 2.27. The summed E-state index contributed by atoms with van der Waals surface area (Å²) in [4.78, 5) is 7.21. The second-order valence-electron chi connectivity index (χ2n) is 5.18. The molecular weight excluding hydrogens is 268 g/mol. The minimum absolute atomic E-state index is 0.207. The van der Waals surface area contributed by atoms with E-state index in [0.29, 0.717) is 5.95 Å². The molecule has 0 bridgehead atoms. The van der Waals surface area contributed by atoms with Crippen LogP contribution < -0.4 is 5.32 Å². The lowest BCUT2D eigenvalue weighted by Crippen LogP contribution is -2.08. The smallest absolute Gasteiger partial charge is 0.243 e. The van der Waals surface area contributed by atoms with Crippen LogP contribution in [0.5, 0.6) is 0 Å². The first-order valence-corrected chi connectivity index (χ1v) is 7.51. The lowest BCUT2D eigenvalue weighted by Gasteiger charge is -2.11. The highest BCUT2D eigenvalue weighted by molar-refractivity contribution is 7.12. The van der Waals surface area contributed by atoms with E-state index in [1.165, 1.54) is 20.9 Å². The van der Waals surface area contributed by atoms with Crippen LogP contribution in [-0.4, -0.2) is 14.6 Å². The number of rotatable bonds is 3. The van der Waals surface area contributed by atoms with Crippen LogP contribution in [0.3, 0.4) is 0 Å². The zero-order valence-corrected chi connectivity index (χ0v) is 13.0.